The van der Waals surface area contributed by atoms with Crippen molar-refractivity contribution >= 4 is 11.5 Å². The molecular formula is C15H16N4O. The highest BCUT2D eigenvalue weighted by Crippen LogP contribution is 2.26. The van der Waals surface area contributed by atoms with Gasteiger partial charge in [-0.1, -0.05) is 26.0 Å². The fourth-order valence-corrected chi connectivity index (χ4v) is 2.04. The molecule has 3 rings (SSSR count). The highest BCUT2D eigenvalue weighted by Gasteiger charge is 2.09. The molecule has 0 amide bonds. The van der Waals surface area contributed by atoms with Crippen molar-refractivity contribution < 1.29 is 4.74 Å². The summed E-state index contributed by atoms with van der Waals surface area (Å²) in [5, 5.41) is 0. The van der Waals surface area contributed by atoms with Crippen molar-refractivity contribution in [2.24, 2.45) is 0 Å². The monoisotopic (exact) mass is 268 g/mol. The van der Waals surface area contributed by atoms with Gasteiger partial charge in [-0.2, -0.15) is 4.98 Å². The standard InChI is InChI=1S/C15H16N4O/c1-10(2)11-4-3-5-12(8-11)20-15-14-17-6-7-19(14)9-13(16)18-15/h3-10H,16H2,1-2H3. The lowest BCUT2D eigenvalue weighted by Crippen LogP contribution is -1.99. The van der Waals surface area contributed by atoms with Crippen LogP contribution in [-0.4, -0.2) is 14.4 Å². The molecule has 0 unspecified atom stereocenters. The van der Waals surface area contributed by atoms with Crippen LogP contribution in [0.3, 0.4) is 0 Å². The predicted octanol–water partition coefficient (Wildman–Crippen LogP) is 3.23. The first-order valence-corrected chi connectivity index (χ1v) is 6.50. The van der Waals surface area contributed by atoms with E-state index in [1.165, 1.54) is 5.56 Å². The zero-order chi connectivity index (χ0) is 14.1. The van der Waals surface area contributed by atoms with E-state index in [0.717, 1.165) is 5.75 Å². The number of nitrogens with zero attached hydrogens (tertiary/aromatic N) is 3. The van der Waals surface area contributed by atoms with Gasteiger partial charge in [0.15, 0.2) is 0 Å². The highest BCUT2D eigenvalue weighted by molar-refractivity contribution is 5.54. The molecule has 5 nitrogen and oxygen atoms in total. The molecule has 5 heteroatoms. The molecule has 0 radical (unpaired) electrons. The summed E-state index contributed by atoms with van der Waals surface area (Å²) >= 11 is 0. The number of rotatable bonds is 3. The number of fused-ring (bicyclic) bond motifs is 1. The zero-order valence-corrected chi connectivity index (χ0v) is 11.4. The van der Waals surface area contributed by atoms with Crippen LogP contribution in [0.15, 0.2) is 42.9 Å². The van der Waals surface area contributed by atoms with Crippen LogP contribution in [0.4, 0.5) is 5.82 Å². The number of benzene rings is 1. The number of imidazole rings is 1. The molecule has 1 aromatic carbocycles. The predicted molar refractivity (Wildman–Crippen MR) is 78.0 cm³/mol. The Bertz CT molecular complexity index is 748. The van der Waals surface area contributed by atoms with Crippen LogP contribution in [0.2, 0.25) is 0 Å². The molecule has 102 valence electrons. The Kier molecular flexibility index (Phi) is 3.02. The molecule has 0 bridgehead atoms. The lowest BCUT2D eigenvalue weighted by molar-refractivity contribution is 0.465. The Hall–Kier alpha value is -2.56. The molecule has 0 saturated carbocycles. The molecule has 20 heavy (non-hydrogen) atoms. The van der Waals surface area contributed by atoms with E-state index in [0.29, 0.717) is 23.3 Å². The van der Waals surface area contributed by atoms with Crippen LogP contribution in [0.5, 0.6) is 11.6 Å². The van der Waals surface area contributed by atoms with Gasteiger partial charge in [-0.25, -0.2) is 4.98 Å². The quantitative estimate of drug-likeness (QED) is 0.792. The van der Waals surface area contributed by atoms with Gasteiger partial charge in [0.05, 0.1) is 6.20 Å². The summed E-state index contributed by atoms with van der Waals surface area (Å²) in [6.45, 7) is 4.29. The first kappa shape index (κ1) is 12.5. The summed E-state index contributed by atoms with van der Waals surface area (Å²) in [5.74, 6) is 1.99. The van der Waals surface area contributed by atoms with Crippen LogP contribution in [0.25, 0.3) is 5.65 Å². The molecule has 0 saturated heterocycles. The maximum atomic E-state index is 5.85. The second-order valence-electron chi connectivity index (χ2n) is 4.96. The molecule has 0 aliphatic rings. The van der Waals surface area contributed by atoms with Crippen LogP contribution in [-0.2, 0) is 0 Å². The van der Waals surface area contributed by atoms with E-state index in [-0.39, 0.29) is 0 Å². The Labute approximate surface area is 117 Å². The minimum absolute atomic E-state index is 0.394. The maximum Gasteiger partial charge on any atom is 0.265 e. The van der Waals surface area contributed by atoms with Gasteiger partial charge in [0.1, 0.15) is 11.6 Å². The molecule has 0 fully saturated rings. The van der Waals surface area contributed by atoms with Crippen LogP contribution in [0, 0.1) is 0 Å². The summed E-state index contributed by atoms with van der Waals surface area (Å²) in [6.07, 6.45) is 5.21. The molecule has 3 aromatic rings. The number of hydrogen-bond donors (Lipinski definition) is 1. The number of ether oxygens (including phenoxy) is 1. The van der Waals surface area contributed by atoms with Gasteiger partial charge in [0.2, 0.25) is 5.65 Å². The fraction of sp³-hybridized carbons (Fsp3) is 0.200. The summed E-state index contributed by atoms with van der Waals surface area (Å²) in [7, 11) is 0. The maximum absolute atomic E-state index is 5.85. The highest BCUT2D eigenvalue weighted by atomic mass is 16.5. The smallest absolute Gasteiger partial charge is 0.265 e. The molecular weight excluding hydrogens is 252 g/mol. The summed E-state index contributed by atoms with van der Waals surface area (Å²) < 4.78 is 7.64. The van der Waals surface area contributed by atoms with Crippen molar-refractivity contribution in [3.63, 3.8) is 0 Å². The molecule has 2 aromatic heterocycles. The van der Waals surface area contributed by atoms with Gasteiger partial charge in [-0.15, -0.1) is 0 Å². The minimum Gasteiger partial charge on any atom is -0.436 e. The second kappa shape index (κ2) is 4.85. The van der Waals surface area contributed by atoms with Crippen LogP contribution < -0.4 is 10.5 Å². The number of anilines is 1. The van der Waals surface area contributed by atoms with Gasteiger partial charge >= 0.3 is 0 Å². The molecule has 0 aliphatic carbocycles. The Balaban J connectivity index is 2.00. The van der Waals surface area contributed by atoms with E-state index in [9.17, 15) is 0 Å². The normalized spacial score (nSPS) is 11.2. The molecule has 0 atom stereocenters. The Morgan fingerprint density at radius 3 is 2.95 bits per heavy atom. The average Bonchev–Trinajstić information content (AvgIpc) is 2.87. The number of nitrogens with two attached hydrogens (primary N) is 1. The largest absolute Gasteiger partial charge is 0.436 e. The third-order valence-corrected chi connectivity index (χ3v) is 3.10. The fourth-order valence-electron chi connectivity index (χ4n) is 2.04. The Morgan fingerprint density at radius 2 is 2.15 bits per heavy atom. The van der Waals surface area contributed by atoms with Gasteiger partial charge in [0, 0.05) is 12.4 Å². The van der Waals surface area contributed by atoms with Crippen LogP contribution >= 0.6 is 0 Å². The van der Waals surface area contributed by atoms with E-state index in [1.807, 2.05) is 24.4 Å². The van der Waals surface area contributed by atoms with Crippen molar-refractivity contribution in [1.29, 1.82) is 0 Å². The van der Waals surface area contributed by atoms with E-state index < -0.39 is 0 Å². The summed E-state index contributed by atoms with van der Waals surface area (Å²) in [5.41, 5.74) is 7.64. The van der Waals surface area contributed by atoms with Gasteiger partial charge in [-0.05, 0) is 23.6 Å². The molecule has 0 spiro atoms. The number of aromatic nitrogens is 3. The Morgan fingerprint density at radius 1 is 1.30 bits per heavy atom. The van der Waals surface area contributed by atoms with Gasteiger partial charge < -0.3 is 10.5 Å². The van der Waals surface area contributed by atoms with E-state index in [2.05, 4.69) is 29.9 Å². The molecule has 0 aliphatic heterocycles. The minimum atomic E-state index is 0.394. The zero-order valence-electron chi connectivity index (χ0n) is 11.4. The first-order valence-electron chi connectivity index (χ1n) is 6.50. The van der Waals surface area contributed by atoms with Crippen molar-refractivity contribution in [2.75, 3.05) is 5.73 Å². The van der Waals surface area contributed by atoms with E-state index >= 15 is 0 Å². The lowest BCUT2D eigenvalue weighted by atomic mass is 10.0. The summed E-state index contributed by atoms with van der Waals surface area (Å²) in [6, 6.07) is 7.96. The first-order chi connectivity index (χ1) is 9.63. The summed E-state index contributed by atoms with van der Waals surface area (Å²) in [4.78, 5) is 8.45. The van der Waals surface area contributed by atoms with Crippen molar-refractivity contribution in [1.82, 2.24) is 14.4 Å². The van der Waals surface area contributed by atoms with Crippen LogP contribution in [0.1, 0.15) is 25.3 Å². The van der Waals surface area contributed by atoms with Gasteiger partial charge in [0.25, 0.3) is 5.88 Å². The third kappa shape index (κ3) is 2.30. The lowest BCUT2D eigenvalue weighted by Gasteiger charge is -2.10. The molecule has 2 N–H and O–H groups in total. The van der Waals surface area contributed by atoms with Crippen molar-refractivity contribution in [3.8, 4) is 11.6 Å². The van der Waals surface area contributed by atoms with Crippen molar-refractivity contribution in [3.05, 3.63) is 48.4 Å². The topological polar surface area (TPSA) is 65.4 Å². The second-order valence-corrected chi connectivity index (χ2v) is 4.96. The van der Waals surface area contributed by atoms with E-state index in [4.69, 9.17) is 10.5 Å². The van der Waals surface area contributed by atoms with E-state index in [1.54, 1.807) is 16.8 Å². The number of hydrogen-bond acceptors (Lipinski definition) is 4. The number of nitrogen functional groups attached to an aromatic ring is 1. The average molecular weight is 268 g/mol. The third-order valence-electron chi connectivity index (χ3n) is 3.10. The molecule has 2 heterocycles. The van der Waals surface area contributed by atoms with Crippen molar-refractivity contribution in [2.45, 2.75) is 19.8 Å². The van der Waals surface area contributed by atoms with Gasteiger partial charge in [-0.3, -0.25) is 4.40 Å². The SMILES string of the molecule is CC(C)c1cccc(Oc2nc(N)cn3ccnc23)c1.